The summed E-state index contributed by atoms with van der Waals surface area (Å²) in [5.74, 6) is 1.53. The fraction of sp³-hybridized carbons (Fsp3) is 0.471. The summed E-state index contributed by atoms with van der Waals surface area (Å²) in [7, 11) is 0. The molecule has 2 aromatic heterocycles. The van der Waals surface area contributed by atoms with Crippen LogP contribution in [0.4, 0.5) is 26.5 Å². The summed E-state index contributed by atoms with van der Waals surface area (Å²) in [6.07, 6.45) is 12.4. The molecule has 4 aliphatic heterocycles. The van der Waals surface area contributed by atoms with Gasteiger partial charge in [-0.2, -0.15) is 4.68 Å². The topological polar surface area (TPSA) is 150 Å². The number of unbranched alkanes of at least 4 members (excludes halogenated alkanes) is 5. The lowest BCUT2D eigenvalue weighted by molar-refractivity contribution is -0.119. The number of halogens is 3. The van der Waals surface area contributed by atoms with Crippen LogP contribution in [0.3, 0.4) is 0 Å². The number of amides is 3. The summed E-state index contributed by atoms with van der Waals surface area (Å²) in [4.78, 5) is 68.1. The average molecular weight is 1230 g/mol. The largest absolute Gasteiger partial charge is 0.493 e. The minimum Gasteiger partial charge on any atom is -0.493 e. The highest BCUT2D eigenvalue weighted by molar-refractivity contribution is 6.30. The normalized spacial score (nSPS) is 20.4. The molecule has 5 aliphatic rings. The van der Waals surface area contributed by atoms with E-state index in [-0.39, 0.29) is 41.8 Å². The number of nitrogens with two attached hydrogens (primary N) is 1. The second kappa shape index (κ2) is 26.0. The van der Waals surface area contributed by atoms with E-state index in [0.29, 0.717) is 119 Å². The van der Waals surface area contributed by atoms with Gasteiger partial charge in [-0.3, -0.25) is 24.4 Å². The number of carbonyl (C=O) groups excluding carboxylic acids is 3. The summed E-state index contributed by atoms with van der Waals surface area (Å²) < 4.78 is 23.1. The zero-order chi connectivity index (χ0) is 62.1. The molecule has 0 unspecified atom stereocenters. The zero-order valence-corrected chi connectivity index (χ0v) is 53.3. The molecule has 11 rings (SSSR count). The van der Waals surface area contributed by atoms with E-state index in [2.05, 4.69) is 72.4 Å². The number of nitrogens with zero attached hydrogens (tertiary/aromatic N) is 10. The van der Waals surface area contributed by atoms with E-state index in [9.17, 15) is 14.0 Å². The number of carbonyl (C=O) groups is 3. The Morgan fingerprint density at radius 3 is 2.15 bits per heavy atom. The molecule has 6 aromatic rings. The lowest BCUT2D eigenvalue weighted by atomic mass is 9.71. The second-order valence-corrected chi connectivity index (χ2v) is 26.7. The molecule has 6 heterocycles. The van der Waals surface area contributed by atoms with Crippen LogP contribution < -0.4 is 15.4 Å². The predicted molar refractivity (Wildman–Crippen MR) is 347 cm³/mol. The fourth-order valence-corrected chi connectivity index (χ4v) is 13.9. The number of fused-ring (bicyclic) bond motifs is 8. The van der Waals surface area contributed by atoms with Crippen molar-refractivity contribution in [3.05, 3.63) is 164 Å². The van der Waals surface area contributed by atoms with Crippen molar-refractivity contribution in [2.24, 2.45) is 4.99 Å². The van der Waals surface area contributed by atoms with Crippen molar-refractivity contribution in [3.8, 4) is 16.9 Å². The summed E-state index contributed by atoms with van der Waals surface area (Å²) in [6.45, 7) is 26.4. The third kappa shape index (κ3) is 12.5. The molecule has 3 atom stereocenters. The molecule has 88 heavy (non-hydrogen) atoms. The fourth-order valence-electron chi connectivity index (χ4n) is 13.7. The first-order chi connectivity index (χ1) is 42.3. The van der Waals surface area contributed by atoms with Gasteiger partial charge >= 0.3 is 6.03 Å². The monoisotopic (exact) mass is 1230 g/mol. The quantitative estimate of drug-likeness (QED) is 0.0617. The molecule has 3 fully saturated rings. The molecular formula is C70H82Cl2FN11O4. The number of piperazine rings is 1. The number of aliphatic imine (C=N–C) groups is 1. The van der Waals surface area contributed by atoms with Crippen LogP contribution in [0.25, 0.3) is 16.0 Å². The minimum absolute atomic E-state index is 0.0138. The number of benzene rings is 4. The van der Waals surface area contributed by atoms with Crippen molar-refractivity contribution in [1.29, 1.82) is 0 Å². The van der Waals surface area contributed by atoms with E-state index in [1.807, 2.05) is 76.2 Å². The van der Waals surface area contributed by atoms with Crippen LogP contribution in [0.2, 0.25) is 10.0 Å². The molecule has 462 valence electrons. The van der Waals surface area contributed by atoms with Gasteiger partial charge in [0.05, 0.1) is 37.0 Å². The maximum atomic E-state index is 15.6. The Morgan fingerprint density at radius 2 is 1.47 bits per heavy atom. The Bertz CT molecular complexity index is 3640. The zero-order valence-electron chi connectivity index (χ0n) is 51.8. The molecule has 15 nitrogen and oxygen atoms in total. The van der Waals surface area contributed by atoms with E-state index in [1.54, 1.807) is 16.9 Å². The van der Waals surface area contributed by atoms with Crippen LogP contribution in [0.5, 0.6) is 5.75 Å². The summed E-state index contributed by atoms with van der Waals surface area (Å²) in [6, 6.07) is 27.9. The molecule has 1 saturated carbocycles. The standard InChI is InChI=1S/C70H82Cl2FN11O4/c1-8-88-61-42-49(68(2,3)4)24-32-56(61)64-77-69(5,47-20-25-50(71)26-21-47)70(6,48-22-27-51(72)28-23-48)84(64)67(87)80-39-37-79(38-40-80)34-14-12-10-9-11-13-17-54(85)18-15-36-83-65(75-7)62-46-41-60(63(74)76-44-46)81-35-16-19-59(81)57-43-52(73)29-33-55(57)66(86)82(53-30-31-53)45-58(62)78-83/h20-29,32-33,41-44,53,59H,8-19,30-31,34-40,45H2,1-6H3,(H2,74,76)/t59-,69+,70-/m1/s1. The van der Waals surface area contributed by atoms with E-state index in [0.717, 1.165) is 106 Å². The number of amidine groups is 1. The van der Waals surface area contributed by atoms with Crippen LogP contribution in [0, 0.1) is 12.4 Å². The van der Waals surface area contributed by atoms with Crippen LogP contribution in [-0.4, -0.2) is 110 Å². The van der Waals surface area contributed by atoms with Crippen molar-refractivity contribution < 1.29 is 23.5 Å². The second-order valence-electron chi connectivity index (χ2n) is 25.8. The van der Waals surface area contributed by atoms with Crippen LogP contribution >= 0.6 is 23.2 Å². The SMILES string of the molecule is [C-]#[N+]c1c2c(nn1CCCC(=O)CCCCCCCCN1CCN(C(=O)N3C(c4ccc(C(C)(C)C)cc4OCC)=N[C@@](C)(c4ccc(Cl)cc4)[C@@]3(C)c3ccc(Cl)cc3)CC1)CN(C1CC1)C(=O)c1ccc(F)cc1[C@H]1CCCN1c1cc-2cnc1N. The van der Waals surface area contributed by atoms with Crippen LogP contribution in [-0.2, 0) is 34.4 Å². The van der Waals surface area contributed by atoms with E-state index < -0.39 is 16.9 Å². The molecule has 0 spiro atoms. The first-order valence-electron chi connectivity index (χ1n) is 31.6. The molecule has 18 heteroatoms. The van der Waals surface area contributed by atoms with Crippen molar-refractivity contribution in [3.63, 3.8) is 0 Å². The molecular weight excluding hydrogens is 1150 g/mol. The molecule has 0 radical (unpaired) electrons. The highest BCUT2D eigenvalue weighted by atomic mass is 35.5. The van der Waals surface area contributed by atoms with Gasteiger partial charge in [-0.05, 0) is 166 Å². The minimum atomic E-state index is -1.01. The number of hydrogen-bond acceptors (Lipinski definition) is 10. The Balaban J connectivity index is 0.680. The Morgan fingerprint density at radius 1 is 0.795 bits per heavy atom. The van der Waals surface area contributed by atoms with Gasteiger partial charge in [-0.25, -0.2) is 14.2 Å². The number of ether oxygens (including phenoxy) is 1. The highest BCUT2D eigenvalue weighted by Gasteiger charge is 2.60. The van der Waals surface area contributed by atoms with Crippen molar-refractivity contribution >= 4 is 64.1 Å². The maximum Gasteiger partial charge on any atom is 0.326 e. The molecule has 1 aliphatic carbocycles. The van der Waals surface area contributed by atoms with Crippen molar-refractivity contribution in [2.45, 2.75) is 167 Å². The Hall–Kier alpha value is -7.32. The average Bonchev–Trinajstić information content (AvgIpc) is 1.57. The van der Waals surface area contributed by atoms with Gasteiger partial charge in [0.25, 0.3) is 11.7 Å². The maximum absolute atomic E-state index is 15.6. The Labute approximate surface area is 527 Å². The number of nitrogen functional groups attached to an aromatic ring is 1. The number of urea groups is 1. The van der Waals surface area contributed by atoms with Gasteiger partial charge in [0.2, 0.25) is 0 Å². The lowest BCUT2D eigenvalue weighted by Gasteiger charge is -2.47. The van der Waals surface area contributed by atoms with E-state index in [1.165, 1.54) is 12.1 Å². The molecule has 2 bridgehead atoms. The van der Waals surface area contributed by atoms with Crippen LogP contribution in [0.15, 0.2) is 102 Å². The van der Waals surface area contributed by atoms with Crippen LogP contribution in [0.1, 0.15) is 175 Å². The molecule has 2 N–H and O–H groups in total. The van der Waals surface area contributed by atoms with Gasteiger partial charge in [0.1, 0.15) is 45.8 Å². The third-order valence-electron chi connectivity index (χ3n) is 19.0. The Kier molecular flexibility index (Phi) is 18.4. The number of Topliss-reactive ketones (excluding diaryl/α,β-unsaturated/α-hetero) is 1. The predicted octanol–water partition coefficient (Wildman–Crippen LogP) is 15.1. The van der Waals surface area contributed by atoms with Gasteiger partial charge in [0.15, 0.2) is 0 Å². The number of aromatic nitrogens is 3. The summed E-state index contributed by atoms with van der Waals surface area (Å²) in [5, 5.41) is 6.23. The first-order valence-corrected chi connectivity index (χ1v) is 32.4. The third-order valence-corrected chi connectivity index (χ3v) is 19.5. The number of ketones is 1. The van der Waals surface area contributed by atoms with E-state index >= 15 is 4.79 Å². The van der Waals surface area contributed by atoms with Gasteiger partial charge in [-0.15, -0.1) is 5.10 Å². The van der Waals surface area contributed by atoms with E-state index in [4.69, 9.17) is 50.3 Å². The molecule has 2 saturated heterocycles. The summed E-state index contributed by atoms with van der Waals surface area (Å²) in [5.41, 5.74) is 11.8. The molecule has 4 aromatic carbocycles. The number of hydrogen-bond donors (Lipinski definition) is 1. The smallest absolute Gasteiger partial charge is 0.326 e. The van der Waals surface area contributed by atoms with Crippen molar-refractivity contribution in [2.75, 3.05) is 56.5 Å². The molecule has 3 amide bonds. The number of pyridine rings is 1. The first kappa shape index (κ1) is 62.3. The van der Waals surface area contributed by atoms with Gasteiger partial charge in [-0.1, -0.05) is 107 Å². The highest BCUT2D eigenvalue weighted by Crippen LogP contribution is 2.55. The summed E-state index contributed by atoms with van der Waals surface area (Å²) >= 11 is 13.0. The van der Waals surface area contributed by atoms with Gasteiger partial charge in [0, 0.05) is 79.0 Å². The number of anilines is 2. The number of rotatable bonds is 19. The lowest BCUT2D eigenvalue weighted by Crippen LogP contribution is -2.60. The van der Waals surface area contributed by atoms with Gasteiger partial charge < -0.3 is 30.0 Å². The van der Waals surface area contributed by atoms with Crippen molar-refractivity contribution in [1.82, 2.24) is 34.4 Å². The number of aryl methyl sites for hydroxylation is 1.